The zero-order valence-electron chi connectivity index (χ0n) is 11.3. The van der Waals surface area contributed by atoms with Gasteiger partial charge in [0.2, 0.25) is 0 Å². The molecule has 0 bridgehead atoms. The molecule has 0 amide bonds. The summed E-state index contributed by atoms with van der Waals surface area (Å²) in [5.74, 6) is 1.03. The van der Waals surface area contributed by atoms with Crippen LogP contribution in [0.4, 0.5) is 0 Å². The van der Waals surface area contributed by atoms with Crippen LogP contribution in [0.25, 0.3) is 0 Å². The molecule has 1 unspecified atom stereocenters. The van der Waals surface area contributed by atoms with Gasteiger partial charge in [-0.05, 0) is 45.8 Å². The molecule has 2 aliphatic carbocycles. The van der Waals surface area contributed by atoms with Crippen LogP contribution >= 0.6 is 0 Å². The monoisotopic (exact) mass is 224 g/mol. The quantitative estimate of drug-likeness (QED) is 0.746. The van der Waals surface area contributed by atoms with Gasteiger partial charge < -0.3 is 10.2 Å². The minimum atomic E-state index is 0.457. The summed E-state index contributed by atoms with van der Waals surface area (Å²) in [6, 6.07) is 0.725. The van der Waals surface area contributed by atoms with Gasteiger partial charge in [-0.3, -0.25) is 0 Å². The highest BCUT2D eigenvalue weighted by Gasteiger charge is 2.44. The predicted octanol–water partition coefficient (Wildman–Crippen LogP) is 2.64. The molecule has 1 N–H and O–H groups in total. The van der Waals surface area contributed by atoms with E-state index in [0.29, 0.717) is 5.54 Å². The lowest BCUT2D eigenvalue weighted by molar-refractivity contribution is 0.0978. The summed E-state index contributed by atoms with van der Waals surface area (Å²) >= 11 is 0. The zero-order chi connectivity index (χ0) is 11.6. The van der Waals surface area contributed by atoms with E-state index in [4.69, 9.17) is 0 Å². The van der Waals surface area contributed by atoms with Crippen molar-refractivity contribution >= 4 is 0 Å². The maximum absolute atomic E-state index is 3.78. The van der Waals surface area contributed by atoms with Crippen molar-refractivity contribution in [1.29, 1.82) is 0 Å². The largest absolute Gasteiger partial charge is 0.312 e. The van der Waals surface area contributed by atoms with Gasteiger partial charge >= 0.3 is 0 Å². The third-order valence-corrected chi connectivity index (χ3v) is 4.73. The summed E-state index contributed by atoms with van der Waals surface area (Å²) in [5, 5.41) is 3.78. The molecule has 0 aromatic carbocycles. The summed E-state index contributed by atoms with van der Waals surface area (Å²) in [7, 11) is 4.56. The van der Waals surface area contributed by atoms with Crippen LogP contribution in [0.15, 0.2) is 0 Å². The number of nitrogens with zero attached hydrogens (tertiary/aromatic N) is 1. The fraction of sp³-hybridized carbons (Fsp3) is 1.00. The number of likely N-dealkylation sites (N-methyl/N-ethyl adjacent to an activating group) is 2. The molecule has 94 valence electrons. The molecule has 0 radical (unpaired) electrons. The van der Waals surface area contributed by atoms with Crippen LogP contribution in [0.3, 0.4) is 0 Å². The molecular formula is C14H28N2. The van der Waals surface area contributed by atoms with Crippen LogP contribution in [0.2, 0.25) is 0 Å². The van der Waals surface area contributed by atoms with E-state index in [1.807, 2.05) is 0 Å². The Bertz CT molecular complexity index is 215. The Morgan fingerprint density at radius 2 is 1.88 bits per heavy atom. The molecule has 0 aliphatic heterocycles. The molecule has 2 rings (SSSR count). The van der Waals surface area contributed by atoms with Crippen molar-refractivity contribution in [3.63, 3.8) is 0 Å². The van der Waals surface area contributed by atoms with Crippen LogP contribution in [-0.2, 0) is 0 Å². The molecule has 0 spiro atoms. The first-order valence-electron chi connectivity index (χ1n) is 7.10. The van der Waals surface area contributed by atoms with Crippen molar-refractivity contribution in [2.75, 3.05) is 20.6 Å². The Morgan fingerprint density at radius 1 is 1.25 bits per heavy atom. The average Bonchev–Trinajstić information content (AvgIpc) is 2.93. The summed E-state index contributed by atoms with van der Waals surface area (Å²) in [5.41, 5.74) is 0.457. The van der Waals surface area contributed by atoms with Gasteiger partial charge in [-0.1, -0.05) is 32.6 Å². The van der Waals surface area contributed by atoms with Crippen LogP contribution < -0.4 is 5.32 Å². The SMILES string of the molecule is CCNC(CC1CC1)C1(N(C)C)CCCC1. The molecule has 2 fully saturated rings. The van der Waals surface area contributed by atoms with Gasteiger partial charge in [0, 0.05) is 11.6 Å². The maximum atomic E-state index is 3.78. The van der Waals surface area contributed by atoms with Crippen molar-refractivity contribution in [2.24, 2.45) is 5.92 Å². The number of hydrogen-bond acceptors (Lipinski definition) is 2. The van der Waals surface area contributed by atoms with Crippen molar-refractivity contribution in [2.45, 2.75) is 63.5 Å². The molecule has 2 saturated carbocycles. The van der Waals surface area contributed by atoms with E-state index in [0.717, 1.165) is 18.5 Å². The third-order valence-electron chi connectivity index (χ3n) is 4.73. The average molecular weight is 224 g/mol. The van der Waals surface area contributed by atoms with Crippen molar-refractivity contribution in [3.8, 4) is 0 Å². The molecule has 1 atom stereocenters. The van der Waals surface area contributed by atoms with E-state index in [1.54, 1.807) is 0 Å². The van der Waals surface area contributed by atoms with E-state index < -0.39 is 0 Å². The summed E-state index contributed by atoms with van der Waals surface area (Å²) in [6.45, 7) is 3.37. The molecule has 0 aromatic rings. The van der Waals surface area contributed by atoms with Gasteiger partial charge in [-0.25, -0.2) is 0 Å². The summed E-state index contributed by atoms with van der Waals surface area (Å²) in [6.07, 6.45) is 9.99. The van der Waals surface area contributed by atoms with Gasteiger partial charge in [0.1, 0.15) is 0 Å². The van der Waals surface area contributed by atoms with Gasteiger partial charge in [0.25, 0.3) is 0 Å². The normalized spacial score (nSPS) is 26.2. The molecular weight excluding hydrogens is 196 g/mol. The lowest BCUT2D eigenvalue weighted by Gasteiger charge is -2.44. The first kappa shape index (κ1) is 12.4. The Morgan fingerprint density at radius 3 is 2.31 bits per heavy atom. The second kappa shape index (κ2) is 5.05. The smallest absolute Gasteiger partial charge is 0.0356 e. The second-order valence-electron chi connectivity index (χ2n) is 5.99. The fourth-order valence-corrected chi connectivity index (χ4v) is 3.52. The lowest BCUT2D eigenvalue weighted by Crippen LogP contribution is -2.57. The molecule has 2 aliphatic rings. The summed E-state index contributed by atoms with van der Waals surface area (Å²) in [4.78, 5) is 2.51. The minimum absolute atomic E-state index is 0.457. The van der Waals surface area contributed by atoms with Crippen LogP contribution in [0, 0.1) is 5.92 Å². The fourth-order valence-electron chi connectivity index (χ4n) is 3.52. The molecule has 0 heterocycles. The highest BCUT2D eigenvalue weighted by molar-refractivity contribution is 5.03. The number of hydrogen-bond donors (Lipinski definition) is 1. The maximum Gasteiger partial charge on any atom is 0.0356 e. The van der Waals surface area contributed by atoms with Crippen LogP contribution in [-0.4, -0.2) is 37.1 Å². The third kappa shape index (κ3) is 2.43. The van der Waals surface area contributed by atoms with Gasteiger partial charge in [0.15, 0.2) is 0 Å². The van der Waals surface area contributed by atoms with Crippen LogP contribution in [0.5, 0.6) is 0 Å². The Balaban J connectivity index is 2.06. The molecule has 0 saturated heterocycles. The van der Waals surface area contributed by atoms with Gasteiger partial charge in [0.05, 0.1) is 0 Å². The first-order valence-corrected chi connectivity index (χ1v) is 7.10. The minimum Gasteiger partial charge on any atom is -0.312 e. The van der Waals surface area contributed by atoms with E-state index in [2.05, 4.69) is 31.2 Å². The lowest BCUT2D eigenvalue weighted by atomic mass is 9.83. The van der Waals surface area contributed by atoms with Gasteiger partial charge in [-0.2, -0.15) is 0 Å². The predicted molar refractivity (Wildman–Crippen MR) is 69.7 cm³/mol. The van der Waals surface area contributed by atoms with Crippen molar-refractivity contribution < 1.29 is 0 Å². The Labute approximate surface area is 101 Å². The summed E-state index contributed by atoms with van der Waals surface area (Å²) < 4.78 is 0. The van der Waals surface area contributed by atoms with E-state index in [9.17, 15) is 0 Å². The van der Waals surface area contributed by atoms with E-state index in [-0.39, 0.29) is 0 Å². The van der Waals surface area contributed by atoms with Crippen molar-refractivity contribution in [1.82, 2.24) is 10.2 Å². The topological polar surface area (TPSA) is 15.3 Å². The number of rotatable bonds is 6. The highest BCUT2D eigenvalue weighted by atomic mass is 15.2. The second-order valence-corrected chi connectivity index (χ2v) is 5.99. The Hall–Kier alpha value is -0.0800. The van der Waals surface area contributed by atoms with E-state index >= 15 is 0 Å². The molecule has 16 heavy (non-hydrogen) atoms. The van der Waals surface area contributed by atoms with Gasteiger partial charge in [-0.15, -0.1) is 0 Å². The number of nitrogens with one attached hydrogen (secondary N) is 1. The first-order chi connectivity index (χ1) is 7.69. The Kier molecular flexibility index (Phi) is 3.91. The molecule has 0 aromatic heterocycles. The van der Waals surface area contributed by atoms with E-state index in [1.165, 1.54) is 44.9 Å². The van der Waals surface area contributed by atoms with Crippen LogP contribution in [0.1, 0.15) is 51.9 Å². The zero-order valence-corrected chi connectivity index (χ0v) is 11.3. The van der Waals surface area contributed by atoms with Crippen molar-refractivity contribution in [3.05, 3.63) is 0 Å². The molecule has 2 heteroatoms. The standard InChI is InChI=1S/C14H28N2/c1-4-15-13(11-12-7-8-12)14(16(2)3)9-5-6-10-14/h12-13,15H,4-11H2,1-3H3. The molecule has 2 nitrogen and oxygen atoms in total. The highest BCUT2D eigenvalue weighted by Crippen LogP contribution is 2.42.